The number of carbonyl (C=O) groups is 2. The van der Waals surface area contributed by atoms with E-state index in [-0.39, 0.29) is 5.78 Å². The molecular formula is C12H21NO3. The predicted octanol–water partition coefficient (Wildman–Crippen LogP) is 2.41. The van der Waals surface area contributed by atoms with Crippen molar-refractivity contribution in [1.82, 2.24) is 5.32 Å². The van der Waals surface area contributed by atoms with E-state index in [1.807, 2.05) is 27.7 Å². The van der Waals surface area contributed by atoms with Crippen molar-refractivity contribution < 1.29 is 14.3 Å². The van der Waals surface area contributed by atoms with Crippen molar-refractivity contribution >= 4 is 11.9 Å². The Morgan fingerprint density at radius 2 is 1.88 bits per heavy atom. The fourth-order valence-electron chi connectivity index (χ4n) is 1.84. The lowest BCUT2D eigenvalue weighted by Crippen LogP contribution is -2.59. The number of Topliss-reactive ketones (excluding diaryl/α,β-unsaturated/α-hetero) is 1. The first-order valence-corrected chi connectivity index (χ1v) is 5.83. The number of alkyl carbamates (subject to hydrolysis) is 1. The van der Waals surface area contributed by atoms with Crippen molar-refractivity contribution in [3.63, 3.8) is 0 Å². The van der Waals surface area contributed by atoms with Crippen molar-refractivity contribution in [2.45, 2.75) is 64.5 Å². The van der Waals surface area contributed by atoms with Gasteiger partial charge in [0.15, 0.2) is 5.78 Å². The summed E-state index contributed by atoms with van der Waals surface area (Å²) in [6.07, 6.45) is 2.42. The number of ketones is 1. The molecule has 0 unspecified atom stereocenters. The normalized spacial score (nSPS) is 18.5. The van der Waals surface area contributed by atoms with Crippen LogP contribution < -0.4 is 5.32 Å². The lowest BCUT2D eigenvalue weighted by atomic mass is 9.73. The summed E-state index contributed by atoms with van der Waals surface area (Å²) in [5.41, 5.74) is -1.17. The molecule has 0 atom stereocenters. The third kappa shape index (κ3) is 2.97. The van der Waals surface area contributed by atoms with Crippen molar-refractivity contribution in [2.75, 3.05) is 0 Å². The molecule has 0 aromatic rings. The highest BCUT2D eigenvalue weighted by Crippen LogP contribution is 2.33. The molecule has 1 aliphatic rings. The summed E-state index contributed by atoms with van der Waals surface area (Å²) in [5.74, 6) is 0.101. The predicted molar refractivity (Wildman–Crippen MR) is 61.2 cm³/mol. The van der Waals surface area contributed by atoms with Crippen molar-refractivity contribution in [1.29, 1.82) is 0 Å². The molecule has 0 aromatic heterocycles. The average Bonchev–Trinajstić information content (AvgIpc) is 2.07. The first-order valence-electron chi connectivity index (χ1n) is 5.83. The Kier molecular flexibility index (Phi) is 3.61. The van der Waals surface area contributed by atoms with Gasteiger partial charge in [0.25, 0.3) is 0 Å². The average molecular weight is 227 g/mol. The minimum atomic E-state index is -0.642. The molecule has 0 aliphatic heterocycles. The molecule has 1 aliphatic carbocycles. The van der Waals surface area contributed by atoms with Crippen LogP contribution >= 0.6 is 0 Å². The van der Waals surface area contributed by atoms with Crippen LogP contribution in [0.15, 0.2) is 0 Å². The number of nitrogens with one attached hydrogen (secondary N) is 1. The van der Waals surface area contributed by atoms with Crippen molar-refractivity contribution in [3.8, 4) is 0 Å². The molecule has 1 amide bonds. The number of hydrogen-bond donors (Lipinski definition) is 1. The summed E-state index contributed by atoms with van der Waals surface area (Å²) >= 11 is 0. The molecule has 0 bridgehead atoms. The summed E-state index contributed by atoms with van der Waals surface area (Å²) in [5, 5.41) is 2.73. The van der Waals surface area contributed by atoms with E-state index in [9.17, 15) is 9.59 Å². The van der Waals surface area contributed by atoms with Crippen LogP contribution in [0.5, 0.6) is 0 Å². The van der Waals surface area contributed by atoms with Gasteiger partial charge in [0, 0.05) is 6.42 Å². The molecule has 16 heavy (non-hydrogen) atoms. The summed E-state index contributed by atoms with van der Waals surface area (Å²) < 4.78 is 5.16. The molecule has 1 fully saturated rings. The van der Waals surface area contributed by atoms with Gasteiger partial charge in [-0.3, -0.25) is 4.79 Å². The van der Waals surface area contributed by atoms with E-state index in [1.165, 1.54) is 0 Å². The van der Waals surface area contributed by atoms with Gasteiger partial charge >= 0.3 is 6.09 Å². The van der Waals surface area contributed by atoms with E-state index in [0.717, 1.165) is 19.3 Å². The second-order valence-electron chi connectivity index (χ2n) is 5.34. The standard InChI is InChI=1S/C12H21NO3/c1-5-9(14)12(7-6-8-12)13-10(15)16-11(2,3)4/h5-8H2,1-4H3,(H,13,15). The summed E-state index contributed by atoms with van der Waals surface area (Å²) in [7, 11) is 0. The van der Waals surface area contributed by atoms with Gasteiger partial charge in [0.05, 0.1) is 0 Å². The number of ether oxygens (including phenoxy) is 1. The molecular weight excluding hydrogens is 206 g/mol. The summed E-state index contributed by atoms with van der Waals surface area (Å²) in [6.45, 7) is 7.24. The number of amides is 1. The Labute approximate surface area is 96.7 Å². The fourth-order valence-corrected chi connectivity index (χ4v) is 1.84. The zero-order valence-electron chi connectivity index (χ0n) is 10.6. The zero-order chi connectivity index (χ0) is 12.4. The first-order chi connectivity index (χ1) is 7.29. The highest BCUT2D eigenvalue weighted by molar-refractivity contribution is 5.92. The minimum Gasteiger partial charge on any atom is -0.444 e. The van der Waals surface area contributed by atoms with Crippen LogP contribution in [0.25, 0.3) is 0 Å². The van der Waals surface area contributed by atoms with Crippen molar-refractivity contribution in [3.05, 3.63) is 0 Å². The van der Waals surface area contributed by atoms with Crippen LogP contribution in [0.3, 0.4) is 0 Å². The maximum absolute atomic E-state index is 11.7. The Bertz CT molecular complexity index is 287. The highest BCUT2D eigenvalue weighted by atomic mass is 16.6. The SMILES string of the molecule is CCC(=O)C1(NC(=O)OC(C)(C)C)CCC1. The molecule has 0 radical (unpaired) electrons. The second kappa shape index (κ2) is 4.44. The molecule has 0 saturated heterocycles. The van der Waals surface area contributed by atoms with Gasteiger partial charge in [-0.1, -0.05) is 6.92 Å². The monoisotopic (exact) mass is 227 g/mol. The molecule has 4 nitrogen and oxygen atoms in total. The third-order valence-electron chi connectivity index (χ3n) is 2.80. The van der Waals surface area contributed by atoms with E-state index in [1.54, 1.807) is 0 Å². The Morgan fingerprint density at radius 3 is 2.19 bits per heavy atom. The molecule has 0 aromatic carbocycles. The topological polar surface area (TPSA) is 55.4 Å². The molecule has 0 spiro atoms. The first kappa shape index (κ1) is 13.0. The van der Waals surface area contributed by atoms with E-state index >= 15 is 0 Å². The molecule has 1 rings (SSSR count). The van der Waals surface area contributed by atoms with Gasteiger partial charge < -0.3 is 10.1 Å². The highest BCUT2D eigenvalue weighted by Gasteiger charge is 2.44. The smallest absolute Gasteiger partial charge is 0.408 e. The Morgan fingerprint density at radius 1 is 1.31 bits per heavy atom. The van der Waals surface area contributed by atoms with Crippen LogP contribution in [0.2, 0.25) is 0 Å². The second-order valence-corrected chi connectivity index (χ2v) is 5.34. The van der Waals surface area contributed by atoms with Gasteiger partial charge in [-0.15, -0.1) is 0 Å². The Hall–Kier alpha value is -1.06. The van der Waals surface area contributed by atoms with Gasteiger partial charge in [0.2, 0.25) is 0 Å². The zero-order valence-corrected chi connectivity index (χ0v) is 10.6. The van der Waals surface area contributed by atoms with Gasteiger partial charge in [-0.05, 0) is 40.0 Å². The fraction of sp³-hybridized carbons (Fsp3) is 0.833. The van der Waals surface area contributed by atoms with Crippen molar-refractivity contribution in [2.24, 2.45) is 0 Å². The maximum atomic E-state index is 11.7. The van der Waals surface area contributed by atoms with E-state index in [2.05, 4.69) is 5.32 Å². The maximum Gasteiger partial charge on any atom is 0.408 e. The molecule has 4 heteroatoms. The lowest BCUT2D eigenvalue weighted by Gasteiger charge is -2.41. The Balaban J connectivity index is 2.58. The molecule has 1 saturated carbocycles. The number of hydrogen-bond acceptors (Lipinski definition) is 3. The number of carbonyl (C=O) groups excluding carboxylic acids is 2. The third-order valence-corrected chi connectivity index (χ3v) is 2.80. The summed E-state index contributed by atoms with van der Waals surface area (Å²) in [4.78, 5) is 23.3. The van der Waals surface area contributed by atoms with Crippen LogP contribution in [0, 0.1) is 0 Å². The minimum absolute atomic E-state index is 0.101. The van der Waals surface area contributed by atoms with Gasteiger partial charge in [0.1, 0.15) is 11.1 Å². The van der Waals surface area contributed by atoms with Gasteiger partial charge in [-0.2, -0.15) is 0 Å². The molecule has 1 N–H and O–H groups in total. The molecule has 0 heterocycles. The van der Waals surface area contributed by atoms with Crippen LogP contribution in [-0.4, -0.2) is 23.0 Å². The number of rotatable bonds is 3. The van der Waals surface area contributed by atoms with Crippen LogP contribution in [0.4, 0.5) is 4.79 Å². The van der Waals surface area contributed by atoms with E-state index in [0.29, 0.717) is 6.42 Å². The van der Waals surface area contributed by atoms with E-state index < -0.39 is 17.2 Å². The van der Waals surface area contributed by atoms with E-state index in [4.69, 9.17) is 4.74 Å². The summed E-state index contributed by atoms with van der Waals surface area (Å²) in [6, 6.07) is 0. The van der Waals surface area contributed by atoms with Crippen LogP contribution in [-0.2, 0) is 9.53 Å². The largest absolute Gasteiger partial charge is 0.444 e. The molecule has 92 valence electrons. The van der Waals surface area contributed by atoms with Gasteiger partial charge in [-0.25, -0.2) is 4.79 Å². The quantitative estimate of drug-likeness (QED) is 0.805. The van der Waals surface area contributed by atoms with Crippen LogP contribution in [0.1, 0.15) is 53.4 Å². The lowest BCUT2D eigenvalue weighted by molar-refractivity contribution is -0.128.